The van der Waals surface area contributed by atoms with Gasteiger partial charge >= 0.3 is 4.87 Å². The van der Waals surface area contributed by atoms with Crippen LogP contribution in [-0.2, 0) is 13.6 Å². The third-order valence-corrected chi connectivity index (χ3v) is 4.88. The van der Waals surface area contributed by atoms with Gasteiger partial charge in [-0.25, -0.2) is 0 Å². The minimum Gasteiger partial charge on any atom is -0.314 e. The summed E-state index contributed by atoms with van der Waals surface area (Å²) in [6.45, 7) is 6.43. The topological polar surface area (TPSA) is 37.3 Å². The van der Waals surface area contributed by atoms with E-state index < -0.39 is 0 Å². The van der Waals surface area contributed by atoms with Gasteiger partial charge in [-0.05, 0) is 24.6 Å². The Bertz CT molecular complexity index is 651. The molecule has 0 bridgehead atoms. The molecule has 3 rings (SSSR count). The van der Waals surface area contributed by atoms with E-state index in [2.05, 4.69) is 35.3 Å². The molecule has 2 aromatic rings. The molecule has 1 aromatic heterocycles. The van der Waals surface area contributed by atoms with Crippen LogP contribution in [0.4, 0.5) is 0 Å². The van der Waals surface area contributed by atoms with Crippen LogP contribution in [0.5, 0.6) is 0 Å². The number of piperazine rings is 1. The van der Waals surface area contributed by atoms with Crippen LogP contribution in [-0.4, -0.2) is 35.1 Å². The van der Waals surface area contributed by atoms with Crippen molar-refractivity contribution in [2.24, 2.45) is 7.05 Å². The Hall–Kier alpha value is -0.880. The smallest absolute Gasteiger partial charge is 0.307 e. The molecule has 1 aromatic carbocycles. The summed E-state index contributed by atoms with van der Waals surface area (Å²) in [6, 6.07) is 6.94. The second-order valence-electron chi connectivity index (χ2n) is 5.25. The molecule has 6 heteroatoms. The van der Waals surface area contributed by atoms with Crippen molar-refractivity contribution >= 4 is 34.0 Å². The summed E-state index contributed by atoms with van der Waals surface area (Å²) in [6.07, 6.45) is 0. The van der Waals surface area contributed by atoms with Crippen LogP contribution in [0.15, 0.2) is 23.0 Å². The number of rotatable bonds is 2. The summed E-state index contributed by atoms with van der Waals surface area (Å²) in [5.74, 6) is 0. The number of hydrogen-bond acceptors (Lipinski definition) is 4. The highest BCUT2D eigenvalue weighted by molar-refractivity contribution is 7.16. The van der Waals surface area contributed by atoms with Gasteiger partial charge < -0.3 is 9.88 Å². The number of aromatic nitrogens is 1. The van der Waals surface area contributed by atoms with Gasteiger partial charge in [-0.2, -0.15) is 0 Å². The predicted molar refractivity (Wildman–Crippen MR) is 87.1 cm³/mol. The summed E-state index contributed by atoms with van der Waals surface area (Å²) in [7, 11) is 1.83. The van der Waals surface area contributed by atoms with Crippen LogP contribution in [0, 0.1) is 0 Å². The van der Waals surface area contributed by atoms with Crippen molar-refractivity contribution in [3.63, 3.8) is 0 Å². The molecule has 20 heavy (non-hydrogen) atoms. The van der Waals surface area contributed by atoms with Crippen molar-refractivity contribution in [2.45, 2.75) is 19.5 Å². The van der Waals surface area contributed by atoms with E-state index in [4.69, 9.17) is 0 Å². The first kappa shape index (κ1) is 15.5. The number of fused-ring (bicyclic) bond motifs is 1. The van der Waals surface area contributed by atoms with E-state index in [9.17, 15) is 4.79 Å². The van der Waals surface area contributed by atoms with Crippen LogP contribution in [0.25, 0.3) is 10.2 Å². The molecule has 1 atom stereocenters. The van der Waals surface area contributed by atoms with Crippen LogP contribution in [0.3, 0.4) is 0 Å². The number of benzene rings is 1. The van der Waals surface area contributed by atoms with Gasteiger partial charge in [0.2, 0.25) is 0 Å². The van der Waals surface area contributed by atoms with Crippen molar-refractivity contribution in [2.75, 3.05) is 19.6 Å². The lowest BCUT2D eigenvalue weighted by Gasteiger charge is -2.33. The van der Waals surface area contributed by atoms with E-state index in [0.29, 0.717) is 6.04 Å². The Morgan fingerprint density at radius 2 is 2.25 bits per heavy atom. The van der Waals surface area contributed by atoms with Gasteiger partial charge in [0.05, 0.1) is 10.2 Å². The van der Waals surface area contributed by atoms with Gasteiger partial charge in [-0.3, -0.25) is 9.69 Å². The lowest BCUT2D eigenvalue weighted by atomic mass is 10.1. The second-order valence-corrected chi connectivity index (χ2v) is 6.25. The van der Waals surface area contributed by atoms with Crippen molar-refractivity contribution in [1.29, 1.82) is 0 Å². The molecule has 1 saturated heterocycles. The molecule has 1 aliphatic heterocycles. The Labute approximate surface area is 128 Å². The minimum absolute atomic E-state index is 0. The van der Waals surface area contributed by atoms with E-state index >= 15 is 0 Å². The zero-order valence-electron chi connectivity index (χ0n) is 11.8. The third-order valence-electron chi connectivity index (χ3n) is 3.88. The van der Waals surface area contributed by atoms with E-state index in [1.807, 2.05) is 7.05 Å². The number of aryl methyl sites for hydroxylation is 1. The third kappa shape index (κ3) is 2.91. The summed E-state index contributed by atoms with van der Waals surface area (Å²) < 4.78 is 2.81. The van der Waals surface area contributed by atoms with Crippen molar-refractivity contribution in [3.8, 4) is 0 Å². The van der Waals surface area contributed by atoms with Crippen LogP contribution >= 0.6 is 23.7 Å². The van der Waals surface area contributed by atoms with Crippen molar-refractivity contribution in [1.82, 2.24) is 14.8 Å². The Kier molecular flexibility index (Phi) is 4.86. The molecule has 0 aliphatic carbocycles. The Morgan fingerprint density at radius 3 is 3.00 bits per heavy atom. The average molecular weight is 314 g/mol. The van der Waals surface area contributed by atoms with Crippen LogP contribution in [0.2, 0.25) is 0 Å². The van der Waals surface area contributed by atoms with Gasteiger partial charge in [0.1, 0.15) is 0 Å². The average Bonchev–Trinajstić information content (AvgIpc) is 2.68. The highest BCUT2D eigenvalue weighted by Crippen LogP contribution is 2.20. The summed E-state index contributed by atoms with van der Waals surface area (Å²) in [5.41, 5.74) is 2.33. The highest BCUT2D eigenvalue weighted by atomic mass is 35.5. The molecule has 0 radical (unpaired) electrons. The second kappa shape index (κ2) is 6.26. The number of hydrogen-bond donors (Lipinski definition) is 1. The molecule has 0 amide bonds. The quantitative estimate of drug-likeness (QED) is 0.919. The van der Waals surface area contributed by atoms with E-state index in [-0.39, 0.29) is 17.3 Å². The van der Waals surface area contributed by atoms with Gasteiger partial charge in [0, 0.05) is 39.3 Å². The number of thiazole rings is 1. The van der Waals surface area contributed by atoms with Crippen molar-refractivity contribution in [3.05, 3.63) is 33.4 Å². The molecule has 0 unspecified atom stereocenters. The standard InChI is InChI=1S/C14H19N3OS.ClH/c1-10-8-15-5-6-17(10)9-11-3-4-12-13(7-11)19-14(18)16(12)2;/h3-4,7,10,15H,5-6,8-9H2,1-2H3;1H/t10-;/m0./s1. The normalized spacial score (nSPS) is 20.0. The van der Waals surface area contributed by atoms with Gasteiger partial charge in [0.25, 0.3) is 0 Å². The van der Waals surface area contributed by atoms with Crippen LogP contribution < -0.4 is 10.2 Å². The summed E-state index contributed by atoms with van der Waals surface area (Å²) in [5, 5.41) is 3.41. The van der Waals surface area contributed by atoms with Gasteiger partial charge in [0.15, 0.2) is 0 Å². The molecule has 4 nitrogen and oxygen atoms in total. The Morgan fingerprint density at radius 1 is 1.45 bits per heavy atom. The maximum atomic E-state index is 11.7. The molecular formula is C14H20ClN3OS. The first-order valence-corrected chi connectivity index (χ1v) is 7.50. The number of nitrogens with one attached hydrogen (secondary N) is 1. The van der Waals surface area contributed by atoms with Gasteiger partial charge in [-0.1, -0.05) is 17.4 Å². The first-order valence-electron chi connectivity index (χ1n) is 6.68. The summed E-state index contributed by atoms with van der Waals surface area (Å²) >= 11 is 1.33. The van der Waals surface area contributed by atoms with Crippen molar-refractivity contribution < 1.29 is 0 Å². The fourth-order valence-electron chi connectivity index (χ4n) is 2.63. The molecule has 2 heterocycles. The predicted octanol–water partition coefficient (Wildman–Crippen LogP) is 1.82. The fraction of sp³-hybridized carbons (Fsp3) is 0.500. The number of halogens is 1. The van der Waals surface area contributed by atoms with E-state index in [1.54, 1.807) is 4.57 Å². The molecule has 110 valence electrons. The highest BCUT2D eigenvalue weighted by Gasteiger charge is 2.18. The zero-order valence-corrected chi connectivity index (χ0v) is 13.4. The monoisotopic (exact) mass is 313 g/mol. The molecular weight excluding hydrogens is 294 g/mol. The first-order chi connectivity index (χ1) is 9.15. The summed E-state index contributed by atoms with van der Waals surface area (Å²) in [4.78, 5) is 14.3. The van der Waals surface area contributed by atoms with E-state index in [1.165, 1.54) is 16.9 Å². The maximum Gasteiger partial charge on any atom is 0.307 e. The van der Waals surface area contributed by atoms with Crippen LogP contribution in [0.1, 0.15) is 12.5 Å². The minimum atomic E-state index is 0. The largest absolute Gasteiger partial charge is 0.314 e. The lowest BCUT2D eigenvalue weighted by molar-refractivity contribution is 0.166. The number of nitrogens with zero attached hydrogens (tertiary/aromatic N) is 2. The molecule has 1 N–H and O–H groups in total. The molecule has 1 fully saturated rings. The lowest BCUT2D eigenvalue weighted by Crippen LogP contribution is -2.49. The fourth-order valence-corrected chi connectivity index (χ4v) is 3.57. The molecule has 0 spiro atoms. The molecule has 1 aliphatic rings. The molecule has 0 saturated carbocycles. The zero-order chi connectivity index (χ0) is 13.4. The van der Waals surface area contributed by atoms with E-state index in [0.717, 1.165) is 36.4 Å². The Balaban J connectivity index is 0.00000147. The maximum absolute atomic E-state index is 11.7. The van der Waals surface area contributed by atoms with Gasteiger partial charge in [-0.15, -0.1) is 12.4 Å². The SMILES string of the molecule is C[C@H]1CNCCN1Cc1ccc2c(c1)sc(=O)n2C.Cl.